The molecule has 200 valence electrons. The van der Waals surface area contributed by atoms with E-state index >= 15 is 4.39 Å². The highest BCUT2D eigenvalue weighted by Crippen LogP contribution is 2.39. The molecule has 0 amide bonds. The van der Waals surface area contributed by atoms with E-state index in [9.17, 15) is 13.2 Å². The van der Waals surface area contributed by atoms with E-state index in [1.54, 1.807) is 31.2 Å². The van der Waals surface area contributed by atoms with Gasteiger partial charge in [-0.15, -0.1) is 0 Å². The van der Waals surface area contributed by atoms with Gasteiger partial charge in [-0.3, -0.25) is 4.79 Å². The molecule has 0 atom stereocenters. The predicted octanol–water partition coefficient (Wildman–Crippen LogP) is 4.92. The normalized spacial score (nSPS) is 17.5. The molecule has 0 unspecified atom stereocenters. The highest BCUT2D eigenvalue weighted by molar-refractivity contribution is 7.86. The van der Waals surface area contributed by atoms with Crippen LogP contribution >= 0.6 is 0 Å². The lowest BCUT2D eigenvalue weighted by molar-refractivity contribution is 0.0703. The Labute approximate surface area is 223 Å². The zero-order valence-corrected chi connectivity index (χ0v) is 22.8. The lowest BCUT2D eigenvalue weighted by atomic mass is 9.86. The number of carbonyl (C=O) groups is 1. The van der Waals surface area contributed by atoms with Crippen molar-refractivity contribution in [2.45, 2.75) is 33.6 Å². The van der Waals surface area contributed by atoms with Crippen LogP contribution in [0.5, 0.6) is 0 Å². The summed E-state index contributed by atoms with van der Waals surface area (Å²) in [5.41, 5.74) is 6.04. The molecule has 1 fully saturated rings. The van der Waals surface area contributed by atoms with Crippen LogP contribution in [0.3, 0.4) is 0 Å². The molecule has 2 aromatic carbocycles. The van der Waals surface area contributed by atoms with Crippen molar-refractivity contribution in [3.05, 3.63) is 70.7 Å². The van der Waals surface area contributed by atoms with Crippen LogP contribution in [0.25, 0.3) is 27.6 Å². The van der Waals surface area contributed by atoms with Gasteiger partial charge in [0.2, 0.25) is 0 Å². The number of halogens is 1. The molecule has 0 saturated carbocycles. The molecule has 0 spiro atoms. The first-order chi connectivity index (χ1) is 18.2. The number of ketones is 1. The van der Waals surface area contributed by atoms with E-state index < -0.39 is 10.2 Å². The maximum Gasteiger partial charge on any atom is 0.282 e. The molecular formula is C29H32FN3O4S. The van der Waals surface area contributed by atoms with Crippen molar-refractivity contribution >= 4 is 32.5 Å². The maximum absolute atomic E-state index is 15.0. The molecule has 9 heteroatoms. The first-order valence-electron chi connectivity index (χ1n) is 13.0. The molecule has 3 aromatic rings. The van der Waals surface area contributed by atoms with Crippen LogP contribution in [0, 0.1) is 19.7 Å². The summed E-state index contributed by atoms with van der Waals surface area (Å²) >= 11 is 0. The summed E-state index contributed by atoms with van der Waals surface area (Å²) in [7, 11) is -3.55. The molecule has 1 aromatic heterocycles. The fourth-order valence-electron chi connectivity index (χ4n) is 5.50. The van der Waals surface area contributed by atoms with Crippen LogP contribution in [0.4, 0.5) is 4.39 Å². The third-order valence-corrected chi connectivity index (χ3v) is 9.43. The predicted molar refractivity (Wildman–Crippen MR) is 147 cm³/mol. The number of aromatic nitrogens is 1. The van der Waals surface area contributed by atoms with E-state index in [2.05, 4.69) is 4.98 Å². The van der Waals surface area contributed by atoms with Crippen molar-refractivity contribution in [1.29, 1.82) is 0 Å². The monoisotopic (exact) mass is 537 g/mol. The van der Waals surface area contributed by atoms with Crippen LogP contribution in [0.2, 0.25) is 0 Å². The Balaban J connectivity index is 1.60. The van der Waals surface area contributed by atoms with E-state index in [4.69, 9.17) is 4.74 Å². The van der Waals surface area contributed by atoms with Gasteiger partial charge >= 0.3 is 0 Å². The minimum atomic E-state index is -3.55. The zero-order valence-electron chi connectivity index (χ0n) is 22.0. The molecule has 2 aliphatic rings. The average Bonchev–Trinajstić information content (AvgIpc) is 2.93. The second-order valence-corrected chi connectivity index (χ2v) is 11.7. The van der Waals surface area contributed by atoms with Gasteiger partial charge in [-0.05, 0) is 66.3 Å². The first kappa shape index (κ1) is 26.6. The molecule has 7 nitrogen and oxygen atoms in total. The van der Waals surface area contributed by atoms with Gasteiger partial charge in [0.1, 0.15) is 11.5 Å². The van der Waals surface area contributed by atoms with Crippen molar-refractivity contribution in [2.75, 3.05) is 39.4 Å². The second kappa shape index (κ2) is 10.6. The van der Waals surface area contributed by atoms with E-state index in [0.717, 1.165) is 27.6 Å². The van der Waals surface area contributed by atoms with Gasteiger partial charge in [-0.1, -0.05) is 31.2 Å². The van der Waals surface area contributed by atoms with E-state index in [1.165, 1.54) is 14.7 Å². The van der Waals surface area contributed by atoms with Crippen LogP contribution in [0.1, 0.15) is 46.9 Å². The number of aryl methyl sites for hydroxylation is 2. The number of nitrogens with zero attached hydrogens (tertiary/aromatic N) is 3. The minimum Gasteiger partial charge on any atom is -0.379 e. The smallest absolute Gasteiger partial charge is 0.282 e. The molecule has 1 saturated heterocycles. The molecule has 0 aliphatic carbocycles. The Morgan fingerprint density at radius 1 is 1.05 bits per heavy atom. The highest BCUT2D eigenvalue weighted by atomic mass is 32.2. The van der Waals surface area contributed by atoms with E-state index in [1.807, 2.05) is 26.0 Å². The topological polar surface area (TPSA) is 79.8 Å². The van der Waals surface area contributed by atoms with Gasteiger partial charge in [0.05, 0.1) is 18.7 Å². The first-order valence-corrected chi connectivity index (χ1v) is 14.4. The van der Waals surface area contributed by atoms with Crippen molar-refractivity contribution < 1.29 is 22.3 Å². The molecule has 0 radical (unpaired) electrons. The second-order valence-electron chi connectivity index (χ2n) is 9.76. The summed E-state index contributed by atoms with van der Waals surface area (Å²) in [4.78, 5) is 17.3. The van der Waals surface area contributed by atoms with E-state index in [0.29, 0.717) is 68.0 Å². The number of rotatable bonds is 6. The van der Waals surface area contributed by atoms with Crippen LogP contribution in [-0.4, -0.2) is 67.2 Å². The molecule has 0 bridgehead atoms. The summed E-state index contributed by atoms with van der Waals surface area (Å²) in [5, 5.41) is 0.799. The van der Waals surface area contributed by atoms with Gasteiger partial charge in [-0.2, -0.15) is 17.0 Å². The number of benzene rings is 2. The van der Waals surface area contributed by atoms with Gasteiger partial charge < -0.3 is 4.74 Å². The largest absolute Gasteiger partial charge is 0.379 e. The number of ether oxygens (including phenoxy) is 1. The molecule has 0 N–H and O–H groups in total. The summed E-state index contributed by atoms with van der Waals surface area (Å²) in [6.07, 6.45) is 2.85. The van der Waals surface area contributed by atoms with Gasteiger partial charge in [0, 0.05) is 43.5 Å². The lowest BCUT2D eigenvalue weighted by Crippen LogP contribution is -2.49. The zero-order chi connectivity index (χ0) is 27.0. The van der Waals surface area contributed by atoms with E-state index in [-0.39, 0.29) is 18.1 Å². The molecule has 38 heavy (non-hydrogen) atoms. The molecule has 3 heterocycles. The Kier molecular flexibility index (Phi) is 7.46. The minimum absolute atomic E-state index is 0.0968. The number of fused-ring (bicyclic) bond motifs is 1. The number of hydrogen-bond donors (Lipinski definition) is 0. The standard InChI is InChI=1S/C29H32FN3O4S/c1-4-27(34)25-18-23(22-7-5-6-8-24(22)30)29-20(3)28(19(2)17-26(29)31-25)21-9-11-32(12-10-21)38(35,36)33-13-15-37-16-14-33/h5-9,17-18H,4,10-16H2,1-3H3. The van der Waals surface area contributed by atoms with Crippen molar-refractivity contribution in [3.63, 3.8) is 0 Å². The summed E-state index contributed by atoms with van der Waals surface area (Å²) < 4.78 is 49.6. The Hall–Kier alpha value is -2.98. The SMILES string of the molecule is CCC(=O)c1cc(-c2ccccc2F)c2c(C)c(C3=CCN(S(=O)(=O)N4CCOCC4)CC3)c(C)cc2n1. The third-order valence-electron chi connectivity index (χ3n) is 7.43. The van der Waals surface area contributed by atoms with Crippen molar-refractivity contribution in [3.8, 4) is 11.1 Å². The third kappa shape index (κ3) is 4.80. The van der Waals surface area contributed by atoms with Crippen LogP contribution < -0.4 is 0 Å². The molecule has 5 rings (SSSR count). The molecule has 2 aliphatic heterocycles. The van der Waals surface area contributed by atoms with Gasteiger partial charge in [0.25, 0.3) is 10.2 Å². The summed E-state index contributed by atoms with van der Waals surface area (Å²) in [6, 6.07) is 10.2. The van der Waals surface area contributed by atoms with Gasteiger partial charge in [-0.25, -0.2) is 9.37 Å². The average molecular weight is 538 g/mol. The Morgan fingerprint density at radius 2 is 1.79 bits per heavy atom. The van der Waals surface area contributed by atoms with Crippen LogP contribution in [0.15, 0.2) is 42.5 Å². The number of carbonyl (C=O) groups excluding carboxylic acids is 1. The highest BCUT2D eigenvalue weighted by Gasteiger charge is 2.32. The Bertz CT molecular complexity index is 1550. The summed E-state index contributed by atoms with van der Waals surface area (Å²) in [6.45, 7) is 8.00. The number of pyridine rings is 1. The number of Topliss-reactive ketones (excluding diaryl/α,β-unsaturated/α-hetero) is 1. The van der Waals surface area contributed by atoms with Crippen molar-refractivity contribution in [2.24, 2.45) is 0 Å². The summed E-state index contributed by atoms with van der Waals surface area (Å²) in [5.74, 6) is -0.460. The Morgan fingerprint density at radius 3 is 2.45 bits per heavy atom. The van der Waals surface area contributed by atoms with Crippen LogP contribution in [-0.2, 0) is 14.9 Å². The number of hydrogen-bond acceptors (Lipinski definition) is 5. The quantitative estimate of drug-likeness (QED) is 0.417. The lowest BCUT2D eigenvalue weighted by Gasteiger charge is -2.34. The van der Waals surface area contributed by atoms with Crippen molar-refractivity contribution in [1.82, 2.24) is 13.6 Å². The number of morpholine rings is 1. The fourth-order valence-corrected chi connectivity index (χ4v) is 7.02. The molecular weight excluding hydrogens is 505 g/mol. The maximum atomic E-state index is 15.0. The fraction of sp³-hybridized carbons (Fsp3) is 0.379. The van der Waals surface area contributed by atoms with Gasteiger partial charge in [0.15, 0.2) is 5.78 Å².